The van der Waals surface area contributed by atoms with Crippen molar-refractivity contribution in [3.63, 3.8) is 0 Å². The molecule has 2 aromatic carbocycles. The van der Waals surface area contributed by atoms with Gasteiger partial charge in [-0.1, -0.05) is 60.7 Å². The molecular weight excluding hydrogens is 400 g/mol. The number of carbonyl (C=O) groups excluding carboxylic acids is 1. The van der Waals surface area contributed by atoms with Crippen molar-refractivity contribution in [3.05, 3.63) is 71.8 Å². The lowest BCUT2D eigenvalue weighted by molar-refractivity contribution is -0.292. The molecule has 0 aliphatic carbocycles. The van der Waals surface area contributed by atoms with E-state index in [4.69, 9.17) is 4.74 Å². The molecule has 0 radical (unpaired) electrons. The largest absolute Gasteiger partial charge is 0.460 e. The summed E-state index contributed by atoms with van der Waals surface area (Å²) >= 11 is 0. The molecule has 2 rings (SSSR count). The lowest BCUT2D eigenvalue weighted by atomic mass is 9.96. The first-order chi connectivity index (χ1) is 13.5. The SMILES string of the molecule is C[C@H](N[C@@H](C(=O)OCc1ccccc1)C(C(F)(F)F)C(F)(F)F)c1ccccc1. The Morgan fingerprint density at radius 1 is 0.897 bits per heavy atom. The Kier molecular flexibility index (Phi) is 7.29. The van der Waals surface area contributed by atoms with Crippen LogP contribution in [0.4, 0.5) is 26.3 Å². The van der Waals surface area contributed by atoms with Gasteiger partial charge in [0.1, 0.15) is 12.6 Å². The number of halogens is 6. The van der Waals surface area contributed by atoms with Gasteiger partial charge in [-0.3, -0.25) is 10.1 Å². The third-order valence-corrected chi connectivity index (χ3v) is 4.25. The number of ether oxygens (including phenoxy) is 1. The molecule has 9 heteroatoms. The van der Waals surface area contributed by atoms with Crippen molar-refractivity contribution in [2.75, 3.05) is 0 Å². The molecule has 0 aliphatic heterocycles. The fourth-order valence-electron chi connectivity index (χ4n) is 2.79. The summed E-state index contributed by atoms with van der Waals surface area (Å²) in [6, 6.07) is 12.2. The Balaban J connectivity index is 2.29. The summed E-state index contributed by atoms with van der Waals surface area (Å²) in [6.07, 6.45) is -11.4. The summed E-state index contributed by atoms with van der Waals surface area (Å²) in [5, 5.41) is 2.17. The van der Waals surface area contributed by atoms with Crippen molar-refractivity contribution >= 4 is 5.97 Å². The van der Waals surface area contributed by atoms with Gasteiger partial charge in [0.25, 0.3) is 0 Å². The summed E-state index contributed by atoms with van der Waals surface area (Å²) in [5.74, 6) is -5.54. The highest BCUT2D eigenvalue weighted by molar-refractivity contribution is 5.76. The Morgan fingerprint density at radius 2 is 1.38 bits per heavy atom. The lowest BCUT2D eigenvalue weighted by Gasteiger charge is -2.32. The summed E-state index contributed by atoms with van der Waals surface area (Å²) in [7, 11) is 0. The maximum absolute atomic E-state index is 13.3. The van der Waals surface area contributed by atoms with Crippen LogP contribution >= 0.6 is 0 Å². The maximum Gasteiger partial charge on any atom is 0.402 e. The molecule has 158 valence electrons. The van der Waals surface area contributed by atoms with Gasteiger partial charge in [-0.05, 0) is 18.1 Å². The number of hydrogen-bond acceptors (Lipinski definition) is 3. The third kappa shape index (κ3) is 6.49. The predicted octanol–water partition coefficient (Wildman–Crippen LogP) is 5.19. The normalized spacial score (nSPS) is 14.5. The van der Waals surface area contributed by atoms with Crippen LogP contribution in [0.3, 0.4) is 0 Å². The first-order valence-corrected chi connectivity index (χ1v) is 8.65. The Labute approximate surface area is 163 Å². The van der Waals surface area contributed by atoms with Gasteiger partial charge in [0.2, 0.25) is 0 Å². The van der Waals surface area contributed by atoms with Gasteiger partial charge in [-0.25, -0.2) is 0 Å². The van der Waals surface area contributed by atoms with Crippen LogP contribution in [-0.2, 0) is 16.1 Å². The van der Waals surface area contributed by atoms with E-state index in [1.54, 1.807) is 36.4 Å². The van der Waals surface area contributed by atoms with Gasteiger partial charge in [-0.2, -0.15) is 26.3 Å². The van der Waals surface area contributed by atoms with Crippen molar-refractivity contribution < 1.29 is 35.9 Å². The van der Waals surface area contributed by atoms with E-state index in [1.807, 2.05) is 0 Å². The van der Waals surface area contributed by atoms with E-state index < -0.39 is 42.9 Å². The topological polar surface area (TPSA) is 38.3 Å². The van der Waals surface area contributed by atoms with Crippen LogP contribution in [0.25, 0.3) is 0 Å². The fourth-order valence-corrected chi connectivity index (χ4v) is 2.79. The van der Waals surface area contributed by atoms with E-state index in [0.29, 0.717) is 11.1 Å². The molecular formula is C20H19F6NO2. The summed E-state index contributed by atoms with van der Waals surface area (Å²) in [6.45, 7) is 0.927. The number of nitrogens with one attached hydrogen (secondary N) is 1. The number of hydrogen-bond donors (Lipinski definition) is 1. The Bertz CT molecular complexity index is 763. The molecule has 0 aliphatic rings. The molecule has 1 N–H and O–H groups in total. The lowest BCUT2D eigenvalue weighted by Crippen LogP contribution is -2.55. The van der Waals surface area contributed by atoms with Crippen LogP contribution in [0, 0.1) is 5.92 Å². The maximum atomic E-state index is 13.3. The predicted molar refractivity (Wildman–Crippen MR) is 93.6 cm³/mol. The fraction of sp³-hybridized carbons (Fsp3) is 0.350. The van der Waals surface area contributed by atoms with Crippen molar-refractivity contribution in [1.29, 1.82) is 0 Å². The number of rotatable bonds is 7. The van der Waals surface area contributed by atoms with Crippen molar-refractivity contribution in [2.24, 2.45) is 5.92 Å². The minimum absolute atomic E-state index is 0.427. The van der Waals surface area contributed by atoms with Gasteiger partial charge in [0, 0.05) is 6.04 Å². The number of esters is 1. The molecule has 0 bridgehead atoms. The smallest absolute Gasteiger partial charge is 0.402 e. The van der Waals surface area contributed by atoms with Gasteiger partial charge >= 0.3 is 18.3 Å². The molecule has 0 saturated carbocycles. The van der Waals surface area contributed by atoms with Crippen molar-refractivity contribution in [2.45, 2.75) is 38.0 Å². The molecule has 0 unspecified atom stereocenters. The number of carbonyl (C=O) groups is 1. The highest BCUT2D eigenvalue weighted by Gasteiger charge is 2.62. The molecule has 2 aromatic rings. The molecule has 0 saturated heterocycles. The molecule has 0 amide bonds. The number of benzene rings is 2. The third-order valence-electron chi connectivity index (χ3n) is 4.25. The summed E-state index contributed by atoms with van der Waals surface area (Å²) < 4.78 is 84.4. The van der Waals surface area contributed by atoms with Crippen LogP contribution in [0.15, 0.2) is 60.7 Å². The van der Waals surface area contributed by atoms with Crippen molar-refractivity contribution in [1.82, 2.24) is 5.32 Å². The first-order valence-electron chi connectivity index (χ1n) is 8.65. The average molecular weight is 419 g/mol. The highest BCUT2D eigenvalue weighted by Crippen LogP contribution is 2.42. The number of alkyl halides is 6. The van der Waals surface area contributed by atoms with Gasteiger partial charge < -0.3 is 4.74 Å². The average Bonchev–Trinajstić information content (AvgIpc) is 2.65. The molecule has 2 atom stereocenters. The summed E-state index contributed by atoms with van der Waals surface area (Å²) in [4.78, 5) is 12.3. The van der Waals surface area contributed by atoms with Gasteiger partial charge in [0.15, 0.2) is 5.92 Å². The van der Waals surface area contributed by atoms with E-state index in [2.05, 4.69) is 5.32 Å². The van der Waals surface area contributed by atoms with Crippen LogP contribution in [0.5, 0.6) is 0 Å². The van der Waals surface area contributed by atoms with E-state index >= 15 is 0 Å². The monoisotopic (exact) mass is 419 g/mol. The minimum atomic E-state index is -5.70. The zero-order chi connectivity index (χ0) is 21.7. The van der Waals surface area contributed by atoms with Crippen LogP contribution in [0.1, 0.15) is 24.1 Å². The standard InChI is InChI=1S/C20H19F6NO2/c1-13(15-10-6-3-7-11-15)27-16(17(19(21,22)23)20(24,25)26)18(28)29-12-14-8-4-2-5-9-14/h2-11,13,16-17,27H,12H2,1H3/t13-,16+/m0/s1. The summed E-state index contributed by atoms with van der Waals surface area (Å²) in [5.41, 5.74) is 0.864. The molecule has 0 spiro atoms. The molecule has 0 heterocycles. The first kappa shape index (κ1) is 22.7. The molecule has 3 nitrogen and oxygen atoms in total. The Morgan fingerprint density at radius 3 is 1.86 bits per heavy atom. The zero-order valence-electron chi connectivity index (χ0n) is 15.3. The second-order valence-corrected chi connectivity index (χ2v) is 6.43. The van der Waals surface area contributed by atoms with Crippen LogP contribution < -0.4 is 5.32 Å². The van der Waals surface area contributed by atoms with Crippen molar-refractivity contribution in [3.8, 4) is 0 Å². The second-order valence-electron chi connectivity index (χ2n) is 6.43. The van der Waals surface area contributed by atoms with E-state index in [0.717, 1.165) is 0 Å². The molecule has 0 aromatic heterocycles. The van der Waals surface area contributed by atoms with Gasteiger partial charge in [-0.15, -0.1) is 0 Å². The molecule has 0 fully saturated rings. The van der Waals surface area contributed by atoms with E-state index in [9.17, 15) is 31.1 Å². The Hall–Kier alpha value is -2.55. The van der Waals surface area contributed by atoms with Gasteiger partial charge in [0.05, 0.1) is 0 Å². The molecule has 29 heavy (non-hydrogen) atoms. The van der Waals surface area contributed by atoms with E-state index in [1.165, 1.54) is 31.2 Å². The van der Waals surface area contributed by atoms with E-state index in [-0.39, 0.29) is 0 Å². The minimum Gasteiger partial charge on any atom is -0.460 e. The highest BCUT2D eigenvalue weighted by atomic mass is 19.4. The second kappa shape index (κ2) is 9.30. The zero-order valence-corrected chi connectivity index (χ0v) is 15.3. The quantitative estimate of drug-likeness (QED) is 0.496. The van der Waals surface area contributed by atoms with Crippen LogP contribution in [0.2, 0.25) is 0 Å². The van der Waals surface area contributed by atoms with Crippen LogP contribution in [-0.4, -0.2) is 24.4 Å².